The molecule has 0 fully saturated rings. The molecule has 1 atom stereocenters. The van der Waals surface area contributed by atoms with E-state index >= 15 is 0 Å². The van der Waals surface area contributed by atoms with Crippen LogP contribution in [0.15, 0.2) is 36.4 Å². The third-order valence-electron chi connectivity index (χ3n) is 4.41. The number of aliphatic hydroxyl groups excluding tert-OH is 1. The Morgan fingerprint density at radius 1 is 1.21 bits per heavy atom. The molecule has 150 valence electrons. The SMILES string of the molecule is N#CC(CO)(Cn1nc2ccc(Cl)cc2n1)c1cc(C(F)(F)F)ccc1C(N)=S. The molecule has 1 aromatic heterocycles. The maximum Gasteiger partial charge on any atom is 0.416 e. The standard InChI is InChI=1S/C18H13ClF3N5OS/c19-11-2-4-14-15(6-11)26-27(25-14)8-17(7-23,9-28)13-5-10(18(20,21)22)1-3-12(13)16(24)29/h1-6,28H,8-9H2,(H2,24,29). The van der Waals surface area contributed by atoms with E-state index < -0.39 is 23.8 Å². The molecule has 0 spiro atoms. The van der Waals surface area contributed by atoms with Crippen LogP contribution in [0.25, 0.3) is 11.0 Å². The number of aromatic nitrogens is 3. The molecular weight excluding hydrogens is 427 g/mol. The molecule has 1 heterocycles. The van der Waals surface area contributed by atoms with E-state index in [1.807, 2.05) is 6.07 Å². The number of rotatable bonds is 5. The molecule has 0 aliphatic heterocycles. The molecule has 0 saturated heterocycles. The van der Waals surface area contributed by atoms with Gasteiger partial charge in [0, 0.05) is 10.6 Å². The zero-order valence-electron chi connectivity index (χ0n) is 14.6. The number of alkyl halides is 3. The summed E-state index contributed by atoms with van der Waals surface area (Å²) >= 11 is 10.9. The summed E-state index contributed by atoms with van der Waals surface area (Å²) in [6, 6.07) is 9.35. The average Bonchev–Trinajstić information content (AvgIpc) is 3.06. The summed E-state index contributed by atoms with van der Waals surface area (Å²) in [5.74, 6) is 0. The van der Waals surface area contributed by atoms with Gasteiger partial charge in [-0.3, -0.25) is 0 Å². The molecule has 3 N–H and O–H groups in total. The summed E-state index contributed by atoms with van der Waals surface area (Å²) in [4.78, 5) is 0.927. The lowest BCUT2D eigenvalue weighted by Gasteiger charge is -2.27. The van der Waals surface area contributed by atoms with E-state index in [0.717, 1.165) is 23.0 Å². The molecule has 6 nitrogen and oxygen atoms in total. The lowest BCUT2D eigenvalue weighted by Crippen LogP contribution is -2.37. The number of halogens is 4. The van der Waals surface area contributed by atoms with Crippen LogP contribution < -0.4 is 5.73 Å². The lowest BCUT2D eigenvalue weighted by molar-refractivity contribution is -0.137. The van der Waals surface area contributed by atoms with E-state index in [1.54, 1.807) is 18.2 Å². The largest absolute Gasteiger partial charge is 0.416 e. The van der Waals surface area contributed by atoms with Crippen LogP contribution in [0.4, 0.5) is 13.2 Å². The predicted octanol–water partition coefficient (Wildman–Crippen LogP) is 3.19. The number of benzene rings is 2. The van der Waals surface area contributed by atoms with Crippen molar-refractivity contribution in [3.63, 3.8) is 0 Å². The fourth-order valence-corrected chi connectivity index (χ4v) is 3.27. The van der Waals surface area contributed by atoms with Crippen molar-refractivity contribution in [2.24, 2.45) is 5.73 Å². The maximum absolute atomic E-state index is 13.2. The first kappa shape index (κ1) is 21.0. The van der Waals surface area contributed by atoms with E-state index in [-0.39, 0.29) is 22.7 Å². The number of hydrogen-bond donors (Lipinski definition) is 2. The molecule has 1 unspecified atom stereocenters. The van der Waals surface area contributed by atoms with Crippen LogP contribution in [0.2, 0.25) is 5.02 Å². The Morgan fingerprint density at radius 2 is 1.90 bits per heavy atom. The van der Waals surface area contributed by atoms with Gasteiger partial charge in [0.25, 0.3) is 0 Å². The molecular formula is C18H13ClF3N5OS. The highest BCUT2D eigenvalue weighted by Crippen LogP contribution is 2.35. The summed E-state index contributed by atoms with van der Waals surface area (Å²) in [5.41, 5.74) is 3.65. The van der Waals surface area contributed by atoms with Crippen LogP contribution >= 0.6 is 23.8 Å². The lowest BCUT2D eigenvalue weighted by atomic mass is 9.79. The van der Waals surface area contributed by atoms with Gasteiger partial charge < -0.3 is 10.8 Å². The Balaban J connectivity index is 2.17. The van der Waals surface area contributed by atoms with Crippen LogP contribution in [0.3, 0.4) is 0 Å². The first-order valence-electron chi connectivity index (χ1n) is 8.14. The van der Waals surface area contributed by atoms with E-state index in [4.69, 9.17) is 29.6 Å². The number of nitrogens with zero attached hydrogens (tertiary/aromatic N) is 4. The average molecular weight is 440 g/mol. The smallest absolute Gasteiger partial charge is 0.394 e. The van der Waals surface area contributed by atoms with E-state index in [9.17, 15) is 23.5 Å². The molecule has 3 aromatic rings. The van der Waals surface area contributed by atoms with Crippen LogP contribution in [0.1, 0.15) is 16.7 Å². The van der Waals surface area contributed by atoms with E-state index in [0.29, 0.717) is 16.1 Å². The van der Waals surface area contributed by atoms with Gasteiger partial charge in [0.15, 0.2) is 0 Å². The molecule has 0 amide bonds. The van der Waals surface area contributed by atoms with Crippen LogP contribution in [0, 0.1) is 11.3 Å². The van der Waals surface area contributed by atoms with Gasteiger partial charge in [0.1, 0.15) is 21.4 Å². The highest BCUT2D eigenvalue weighted by Gasteiger charge is 2.39. The number of thiocarbonyl (C=S) groups is 1. The third-order valence-corrected chi connectivity index (χ3v) is 4.86. The van der Waals surface area contributed by atoms with Crippen molar-refractivity contribution >= 4 is 39.8 Å². The Hall–Kier alpha value is -2.74. The molecule has 11 heteroatoms. The van der Waals surface area contributed by atoms with E-state index in [1.165, 1.54) is 0 Å². The quantitative estimate of drug-likeness (QED) is 0.592. The number of fused-ring (bicyclic) bond motifs is 1. The third kappa shape index (κ3) is 4.03. The molecule has 0 radical (unpaired) electrons. The van der Waals surface area contributed by atoms with Gasteiger partial charge in [-0.1, -0.05) is 29.9 Å². The first-order chi connectivity index (χ1) is 13.6. The number of nitriles is 1. The van der Waals surface area contributed by atoms with Crippen molar-refractivity contribution in [2.45, 2.75) is 18.1 Å². The minimum Gasteiger partial charge on any atom is -0.394 e. The number of hydrogen-bond acceptors (Lipinski definition) is 5. The number of aliphatic hydroxyl groups is 1. The van der Waals surface area contributed by atoms with Crippen LogP contribution in [0.5, 0.6) is 0 Å². The Bertz CT molecular complexity index is 1140. The minimum atomic E-state index is -4.66. The molecule has 29 heavy (non-hydrogen) atoms. The summed E-state index contributed by atoms with van der Waals surface area (Å²) in [5, 5.41) is 28.7. The molecule has 3 rings (SSSR count). The van der Waals surface area contributed by atoms with Crippen LogP contribution in [-0.4, -0.2) is 31.7 Å². The zero-order valence-corrected chi connectivity index (χ0v) is 16.2. The second-order valence-corrected chi connectivity index (χ2v) is 7.21. The zero-order chi connectivity index (χ0) is 21.4. The maximum atomic E-state index is 13.2. The van der Waals surface area contributed by atoms with Crippen molar-refractivity contribution in [3.8, 4) is 6.07 Å². The van der Waals surface area contributed by atoms with Gasteiger partial charge in [0.2, 0.25) is 0 Å². The fraction of sp³-hybridized carbons (Fsp3) is 0.222. The minimum absolute atomic E-state index is 0.0587. The second kappa shape index (κ2) is 7.59. The molecule has 0 bridgehead atoms. The van der Waals surface area contributed by atoms with Gasteiger partial charge >= 0.3 is 6.18 Å². The normalized spacial score (nSPS) is 13.8. The van der Waals surface area contributed by atoms with Crippen molar-refractivity contribution in [1.29, 1.82) is 5.26 Å². The van der Waals surface area contributed by atoms with Crippen molar-refractivity contribution in [3.05, 3.63) is 58.1 Å². The Morgan fingerprint density at radius 3 is 2.48 bits per heavy atom. The molecule has 2 aromatic carbocycles. The van der Waals surface area contributed by atoms with Crippen LogP contribution in [-0.2, 0) is 18.1 Å². The molecule has 0 aliphatic carbocycles. The second-order valence-electron chi connectivity index (χ2n) is 6.34. The van der Waals surface area contributed by atoms with E-state index in [2.05, 4.69) is 10.2 Å². The van der Waals surface area contributed by atoms with Gasteiger partial charge in [-0.2, -0.15) is 33.4 Å². The van der Waals surface area contributed by atoms with Crippen molar-refractivity contribution in [2.75, 3.05) is 6.61 Å². The molecule has 0 aliphatic rings. The van der Waals surface area contributed by atoms with Gasteiger partial charge in [-0.25, -0.2) is 0 Å². The summed E-state index contributed by atoms with van der Waals surface area (Å²) in [6.07, 6.45) is -4.66. The Labute approximate surface area is 173 Å². The van der Waals surface area contributed by atoms with Gasteiger partial charge in [-0.15, -0.1) is 0 Å². The summed E-state index contributed by atoms with van der Waals surface area (Å²) in [7, 11) is 0. The van der Waals surface area contributed by atoms with Crippen molar-refractivity contribution in [1.82, 2.24) is 15.0 Å². The van der Waals surface area contributed by atoms with Gasteiger partial charge in [0.05, 0.1) is 24.8 Å². The summed E-state index contributed by atoms with van der Waals surface area (Å²) < 4.78 is 39.7. The Kier molecular flexibility index (Phi) is 5.49. The van der Waals surface area contributed by atoms with Crippen molar-refractivity contribution < 1.29 is 18.3 Å². The summed E-state index contributed by atoms with van der Waals surface area (Å²) in [6.45, 7) is -1.14. The topological polar surface area (TPSA) is 101 Å². The first-order valence-corrected chi connectivity index (χ1v) is 8.92. The highest BCUT2D eigenvalue weighted by atomic mass is 35.5. The predicted molar refractivity (Wildman–Crippen MR) is 104 cm³/mol. The molecule has 0 saturated carbocycles. The monoisotopic (exact) mass is 439 g/mol. The van der Waals surface area contributed by atoms with Gasteiger partial charge in [-0.05, 0) is 35.9 Å². The number of nitrogens with two attached hydrogens (primary N) is 1. The fourth-order valence-electron chi connectivity index (χ4n) is 2.93. The highest BCUT2D eigenvalue weighted by molar-refractivity contribution is 7.80.